The van der Waals surface area contributed by atoms with E-state index >= 15 is 0 Å². The molecule has 0 saturated heterocycles. The highest BCUT2D eigenvalue weighted by atomic mass is 32.1. The Morgan fingerprint density at radius 1 is 1.37 bits per heavy atom. The smallest absolute Gasteiger partial charge is 0.298 e. The summed E-state index contributed by atoms with van der Waals surface area (Å²) < 4.78 is 14.4. The van der Waals surface area contributed by atoms with Gasteiger partial charge in [-0.05, 0) is 61.4 Å². The molecule has 7 heteroatoms. The van der Waals surface area contributed by atoms with Crippen LogP contribution in [0.25, 0.3) is 10.2 Å². The number of nitrogens with one attached hydrogen (secondary N) is 1. The minimum atomic E-state index is -0.591. The zero-order valence-corrected chi connectivity index (χ0v) is 15.9. The molecule has 27 heavy (non-hydrogen) atoms. The Balaban J connectivity index is 1.78. The quantitative estimate of drug-likeness (QED) is 0.703. The molecular formula is C20H19FN2O3S. The number of hydrogen-bond donors (Lipinski definition) is 1. The average molecular weight is 386 g/mol. The van der Waals surface area contributed by atoms with Crippen LogP contribution in [0.2, 0.25) is 0 Å². The van der Waals surface area contributed by atoms with Crippen LogP contribution in [0.15, 0.2) is 27.8 Å². The topological polar surface area (TPSA) is 71.9 Å². The number of ketones is 1. The van der Waals surface area contributed by atoms with Crippen molar-refractivity contribution in [3.05, 3.63) is 66.4 Å². The second-order valence-corrected chi connectivity index (χ2v) is 8.37. The molecule has 1 N–H and O–H groups in total. The highest BCUT2D eigenvalue weighted by Crippen LogP contribution is 2.35. The third-order valence-corrected chi connectivity index (χ3v) is 6.39. The van der Waals surface area contributed by atoms with Gasteiger partial charge in [0.15, 0.2) is 5.78 Å². The van der Waals surface area contributed by atoms with Crippen molar-refractivity contribution in [1.82, 2.24) is 9.55 Å². The molecule has 2 heterocycles. The summed E-state index contributed by atoms with van der Waals surface area (Å²) in [5, 5.41) is 0.532. The van der Waals surface area contributed by atoms with Crippen LogP contribution in [0.5, 0.6) is 0 Å². The van der Waals surface area contributed by atoms with Gasteiger partial charge in [-0.2, -0.15) is 0 Å². The van der Waals surface area contributed by atoms with E-state index in [-0.39, 0.29) is 12.1 Å². The Hall–Kier alpha value is -2.54. The van der Waals surface area contributed by atoms with Crippen molar-refractivity contribution in [3.63, 3.8) is 0 Å². The number of thiophene rings is 1. The van der Waals surface area contributed by atoms with Crippen LogP contribution in [0, 0.1) is 18.7 Å². The number of aromatic amines is 1. The predicted molar refractivity (Wildman–Crippen MR) is 103 cm³/mol. The lowest BCUT2D eigenvalue weighted by molar-refractivity contribution is 0.0969. The molecule has 0 bridgehead atoms. The maximum absolute atomic E-state index is 13.4. The number of H-pyrrole nitrogens is 1. The summed E-state index contributed by atoms with van der Waals surface area (Å²) in [5.74, 6) is -0.243. The first kappa shape index (κ1) is 17.9. The van der Waals surface area contributed by atoms with E-state index in [1.54, 1.807) is 6.92 Å². The van der Waals surface area contributed by atoms with Crippen LogP contribution < -0.4 is 11.2 Å². The van der Waals surface area contributed by atoms with Gasteiger partial charge in [0.25, 0.3) is 5.56 Å². The van der Waals surface area contributed by atoms with E-state index in [1.165, 1.54) is 29.5 Å². The number of carbonyl (C=O) groups is 1. The Morgan fingerprint density at radius 2 is 2.15 bits per heavy atom. The van der Waals surface area contributed by atoms with E-state index in [2.05, 4.69) is 11.9 Å². The van der Waals surface area contributed by atoms with Crippen LogP contribution in [-0.2, 0) is 19.4 Å². The van der Waals surface area contributed by atoms with Crippen molar-refractivity contribution in [2.75, 3.05) is 0 Å². The third-order valence-electron chi connectivity index (χ3n) is 5.22. The van der Waals surface area contributed by atoms with E-state index in [9.17, 15) is 18.8 Å². The number of fused-ring (bicyclic) bond motifs is 3. The number of Topliss-reactive ketones (excluding diaryl/α,β-unsaturated/α-hetero) is 1. The summed E-state index contributed by atoms with van der Waals surface area (Å²) in [6, 6.07) is 4.02. The highest BCUT2D eigenvalue weighted by molar-refractivity contribution is 7.18. The van der Waals surface area contributed by atoms with Crippen molar-refractivity contribution in [3.8, 4) is 0 Å². The lowest BCUT2D eigenvalue weighted by Crippen LogP contribution is -2.37. The Kier molecular flexibility index (Phi) is 4.34. The fraction of sp³-hybridized carbons (Fsp3) is 0.350. The number of carbonyl (C=O) groups excluding carboxylic acids is 1. The number of halogens is 1. The maximum atomic E-state index is 13.4. The largest absolute Gasteiger partial charge is 0.329 e. The second-order valence-electron chi connectivity index (χ2n) is 7.26. The van der Waals surface area contributed by atoms with Crippen molar-refractivity contribution < 1.29 is 9.18 Å². The number of aryl methyl sites for hydroxylation is 2. The molecule has 0 spiro atoms. The fourth-order valence-corrected chi connectivity index (χ4v) is 5.05. The standard InChI is InChI=1S/C20H19FN2O3S/c1-10-3-5-13-16(7-10)27-18-17(13)19(25)23(20(26)22-18)9-15(24)12-4-6-14(21)11(2)8-12/h4,6,8,10H,3,5,7,9H2,1-2H3,(H,22,26). The fourth-order valence-electron chi connectivity index (χ4n) is 3.65. The number of hydrogen-bond acceptors (Lipinski definition) is 4. The number of rotatable bonds is 3. The van der Waals surface area contributed by atoms with Crippen LogP contribution in [0.1, 0.15) is 39.7 Å². The van der Waals surface area contributed by atoms with Gasteiger partial charge in [0.1, 0.15) is 10.6 Å². The molecule has 1 atom stereocenters. The first-order valence-electron chi connectivity index (χ1n) is 8.92. The van der Waals surface area contributed by atoms with Crippen LogP contribution in [-0.4, -0.2) is 15.3 Å². The zero-order chi connectivity index (χ0) is 19.3. The zero-order valence-electron chi connectivity index (χ0n) is 15.1. The molecule has 1 unspecified atom stereocenters. The van der Waals surface area contributed by atoms with E-state index in [0.29, 0.717) is 21.7 Å². The number of benzene rings is 1. The van der Waals surface area contributed by atoms with Crippen molar-refractivity contribution in [2.45, 2.75) is 39.7 Å². The lowest BCUT2D eigenvalue weighted by Gasteiger charge is -2.17. The van der Waals surface area contributed by atoms with Gasteiger partial charge in [0, 0.05) is 10.4 Å². The maximum Gasteiger partial charge on any atom is 0.329 e. The van der Waals surface area contributed by atoms with Crippen molar-refractivity contribution in [1.29, 1.82) is 0 Å². The molecule has 140 valence electrons. The molecule has 0 radical (unpaired) electrons. The third kappa shape index (κ3) is 3.06. The van der Waals surface area contributed by atoms with E-state index < -0.39 is 22.8 Å². The minimum absolute atomic E-state index is 0.279. The van der Waals surface area contributed by atoms with Crippen LogP contribution in [0.4, 0.5) is 4.39 Å². The molecule has 1 aliphatic carbocycles. The first-order valence-corrected chi connectivity index (χ1v) is 9.73. The molecule has 1 aliphatic rings. The van der Waals surface area contributed by atoms with Gasteiger partial charge in [0.2, 0.25) is 0 Å². The summed E-state index contributed by atoms with van der Waals surface area (Å²) in [6.45, 7) is 3.38. The van der Waals surface area contributed by atoms with E-state index in [0.717, 1.165) is 34.3 Å². The molecule has 0 amide bonds. The van der Waals surface area contributed by atoms with E-state index in [4.69, 9.17) is 0 Å². The minimum Gasteiger partial charge on any atom is -0.298 e. The Bertz CT molecular complexity index is 1190. The van der Waals surface area contributed by atoms with Crippen molar-refractivity contribution in [2.24, 2.45) is 5.92 Å². The molecule has 1 aromatic carbocycles. The van der Waals surface area contributed by atoms with Gasteiger partial charge in [-0.1, -0.05) is 6.92 Å². The SMILES string of the molecule is Cc1cc(C(=O)Cn2c(=O)[nH]c3sc4c(c3c2=O)CCC(C)C4)ccc1F. The van der Waals surface area contributed by atoms with Gasteiger partial charge in [-0.25, -0.2) is 9.18 Å². The molecular weight excluding hydrogens is 367 g/mol. The number of nitrogens with zero attached hydrogens (tertiary/aromatic N) is 1. The van der Waals surface area contributed by atoms with E-state index in [1.807, 2.05) is 0 Å². The molecule has 0 aliphatic heterocycles. The summed E-state index contributed by atoms with van der Waals surface area (Å²) in [5.41, 5.74) is 0.618. The van der Waals surface area contributed by atoms with Gasteiger partial charge < -0.3 is 0 Å². The number of aromatic nitrogens is 2. The Labute approximate surface area is 158 Å². The predicted octanol–water partition coefficient (Wildman–Crippen LogP) is 3.21. The molecule has 2 aromatic heterocycles. The first-order chi connectivity index (χ1) is 12.8. The molecule has 0 fully saturated rings. The summed E-state index contributed by atoms with van der Waals surface area (Å²) in [7, 11) is 0. The summed E-state index contributed by atoms with van der Waals surface area (Å²) in [6.07, 6.45) is 2.72. The van der Waals surface area contributed by atoms with Crippen LogP contribution >= 0.6 is 11.3 Å². The lowest BCUT2D eigenvalue weighted by atomic mass is 9.89. The summed E-state index contributed by atoms with van der Waals surface area (Å²) in [4.78, 5) is 42.5. The monoisotopic (exact) mass is 386 g/mol. The van der Waals surface area contributed by atoms with Crippen molar-refractivity contribution >= 4 is 27.3 Å². The van der Waals surface area contributed by atoms with Crippen LogP contribution in [0.3, 0.4) is 0 Å². The molecule has 4 rings (SSSR count). The Morgan fingerprint density at radius 3 is 2.89 bits per heavy atom. The highest BCUT2D eigenvalue weighted by Gasteiger charge is 2.24. The second kappa shape index (κ2) is 6.56. The van der Waals surface area contributed by atoms with Gasteiger partial charge in [0.05, 0.1) is 11.9 Å². The summed E-state index contributed by atoms with van der Waals surface area (Å²) >= 11 is 1.46. The molecule has 0 saturated carbocycles. The normalized spacial score (nSPS) is 16.5. The van der Waals surface area contributed by atoms with Gasteiger partial charge in [-0.3, -0.25) is 19.1 Å². The average Bonchev–Trinajstić information content (AvgIpc) is 2.97. The van der Waals surface area contributed by atoms with Gasteiger partial charge >= 0.3 is 5.69 Å². The molecule has 5 nitrogen and oxygen atoms in total. The van der Waals surface area contributed by atoms with Gasteiger partial charge in [-0.15, -0.1) is 11.3 Å². The molecule has 3 aromatic rings.